The van der Waals surface area contributed by atoms with Gasteiger partial charge in [0.05, 0.1) is 27.7 Å². The van der Waals surface area contributed by atoms with Crippen LogP contribution >= 0.6 is 0 Å². The number of nitrogens with zero attached hydrogens (tertiary/aromatic N) is 2. The number of primary amides is 1. The van der Waals surface area contributed by atoms with Crippen molar-refractivity contribution in [2.75, 3.05) is 40.8 Å². The summed E-state index contributed by atoms with van der Waals surface area (Å²) < 4.78 is 0.976. The van der Waals surface area contributed by atoms with Gasteiger partial charge in [0.25, 0.3) is 0 Å². The number of unbranched alkanes of at least 4 members (excludes halogenated alkanes) is 14. The van der Waals surface area contributed by atoms with Crippen LogP contribution in [0.15, 0.2) is 12.7 Å². The Labute approximate surface area is 238 Å². The molecule has 0 aliphatic carbocycles. The van der Waals surface area contributed by atoms with Gasteiger partial charge in [-0.3, -0.25) is 9.59 Å². The lowest BCUT2D eigenvalue weighted by molar-refractivity contribution is -0.864. The van der Waals surface area contributed by atoms with Crippen molar-refractivity contribution in [2.24, 2.45) is 5.73 Å². The molecule has 0 radical (unpaired) electrons. The molecule has 0 saturated carbocycles. The van der Waals surface area contributed by atoms with Gasteiger partial charge in [0.2, 0.25) is 11.8 Å². The summed E-state index contributed by atoms with van der Waals surface area (Å²) in [4.78, 5) is 23.4. The zero-order valence-corrected chi connectivity index (χ0v) is 26.3. The van der Waals surface area contributed by atoms with E-state index < -0.39 is 0 Å². The minimum atomic E-state index is -0.153. The van der Waals surface area contributed by atoms with Crippen LogP contribution in [0.1, 0.15) is 136 Å². The second-order valence-corrected chi connectivity index (χ2v) is 11.4. The fourth-order valence-electron chi connectivity index (χ4n) is 4.27. The van der Waals surface area contributed by atoms with Crippen LogP contribution in [0.2, 0.25) is 0 Å². The van der Waals surface area contributed by atoms with Crippen molar-refractivity contribution in [3.63, 3.8) is 0 Å². The number of amides is 2. The van der Waals surface area contributed by atoms with Crippen LogP contribution in [0.3, 0.4) is 0 Å². The van der Waals surface area contributed by atoms with E-state index in [1.54, 1.807) is 0 Å². The zero-order chi connectivity index (χ0) is 27.5. The van der Waals surface area contributed by atoms with Gasteiger partial charge in [0.1, 0.15) is 0 Å². The Kier molecular flexibility index (Phi) is 32.2. The standard InChI is InChI=1S/C18H37NO.C7H13NO.C6H14N.ClH/c1-2-3-4-5-6-7-8-9-10-11-12-13-14-15-16-17-18(19)20;1-2-5-8-6-3-4-7(8)9;1-5-6-7(2,3)4;/h2-17H2,1H3,(H2,19,20);2-6H2,1H3;5H,1,6H2,2-4H3;1H/q;;+1;/p-1. The number of quaternary nitrogens is 1. The summed E-state index contributed by atoms with van der Waals surface area (Å²) in [6.45, 7) is 11.0. The third-order valence-corrected chi connectivity index (χ3v) is 6.37. The lowest BCUT2D eigenvalue weighted by Crippen LogP contribution is -3.00. The van der Waals surface area contributed by atoms with E-state index in [2.05, 4.69) is 41.6 Å². The van der Waals surface area contributed by atoms with Crippen LogP contribution in [-0.4, -0.2) is 62.0 Å². The van der Waals surface area contributed by atoms with Crippen molar-refractivity contribution in [3.8, 4) is 0 Å². The molecule has 1 aliphatic rings. The van der Waals surface area contributed by atoms with Crippen molar-refractivity contribution < 1.29 is 26.5 Å². The highest BCUT2D eigenvalue weighted by atomic mass is 35.5. The maximum atomic E-state index is 10.9. The molecular formula is C31H64ClN3O2. The molecule has 37 heavy (non-hydrogen) atoms. The van der Waals surface area contributed by atoms with Crippen LogP contribution in [-0.2, 0) is 9.59 Å². The number of likely N-dealkylation sites (N-methyl/N-ethyl adjacent to an activating group) is 1. The molecule has 0 unspecified atom stereocenters. The lowest BCUT2D eigenvalue weighted by Gasteiger charge is -2.21. The number of carbonyl (C=O) groups is 2. The average molecular weight is 546 g/mol. The number of nitrogens with two attached hydrogens (primary N) is 1. The Morgan fingerprint density at radius 3 is 1.54 bits per heavy atom. The topological polar surface area (TPSA) is 63.4 Å². The van der Waals surface area contributed by atoms with Gasteiger partial charge in [-0.05, 0) is 25.3 Å². The molecule has 0 atom stereocenters. The summed E-state index contributed by atoms with van der Waals surface area (Å²) in [5.41, 5.74) is 5.11. The second-order valence-electron chi connectivity index (χ2n) is 11.4. The van der Waals surface area contributed by atoms with E-state index in [1.165, 1.54) is 89.9 Å². The molecule has 1 saturated heterocycles. The molecule has 0 spiro atoms. The van der Waals surface area contributed by atoms with Gasteiger partial charge in [-0.2, -0.15) is 0 Å². The number of halogens is 1. The first-order valence-electron chi connectivity index (χ1n) is 15.1. The zero-order valence-electron chi connectivity index (χ0n) is 25.5. The second kappa shape index (κ2) is 29.5. The highest BCUT2D eigenvalue weighted by Crippen LogP contribution is 2.13. The third kappa shape index (κ3) is 34.9. The van der Waals surface area contributed by atoms with Crippen molar-refractivity contribution in [1.82, 2.24) is 4.90 Å². The molecule has 2 amide bonds. The third-order valence-electron chi connectivity index (χ3n) is 6.37. The Balaban J connectivity index is -0.000000557. The van der Waals surface area contributed by atoms with Gasteiger partial charge in [-0.15, -0.1) is 0 Å². The van der Waals surface area contributed by atoms with Gasteiger partial charge in [0, 0.05) is 25.9 Å². The quantitative estimate of drug-likeness (QED) is 0.138. The van der Waals surface area contributed by atoms with E-state index in [0.29, 0.717) is 12.3 Å². The Hall–Kier alpha value is -1.07. The van der Waals surface area contributed by atoms with E-state index in [9.17, 15) is 9.59 Å². The molecule has 2 N–H and O–H groups in total. The summed E-state index contributed by atoms with van der Waals surface area (Å²) in [5, 5.41) is 0. The molecule has 0 aromatic carbocycles. The number of carbonyl (C=O) groups excluding carboxylic acids is 2. The van der Waals surface area contributed by atoms with Crippen LogP contribution in [0, 0.1) is 0 Å². The van der Waals surface area contributed by atoms with Crippen LogP contribution in [0.4, 0.5) is 0 Å². The summed E-state index contributed by atoms with van der Waals surface area (Å²) in [6.07, 6.45) is 25.7. The molecule has 1 rings (SSSR count). The van der Waals surface area contributed by atoms with Gasteiger partial charge in [-0.25, -0.2) is 0 Å². The fraction of sp³-hybridized carbons (Fsp3) is 0.871. The SMILES string of the molecule is C=CC[N+](C)(C)C.CCCCCCCCCCCCCCCCCC(N)=O.CCCN1CCCC1=O.[Cl-]. The normalized spacial score (nSPS) is 12.7. The van der Waals surface area contributed by atoms with Crippen molar-refractivity contribution in [1.29, 1.82) is 0 Å². The van der Waals surface area contributed by atoms with E-state index in [4.69, 9.17) is 5.73 Å². The van der Waals surface area contributed by atoms with Crippen LogP contribution < -0.4 is 18.1 Å². The molecule has 0 bridgehead atoms. The van der Waals surface area contributed by atoms with Crippen molar-refractivity contribution in [2.45, 2.75) is 136 Å². The lowest BCUT2D eigenvalue weighted by atomic mass is 10.0. The molecule has 5 nitrogen and oxygen atoms in total. The predicted octanol–water partition coefficient (Wildman–Crippen LogP) is 4.63. The van der Waals surface area contributed by atoms with E-state index in [-0.39, 0.29) is 18.3 Å². The Morgan fingerprint density at radius 1 is 0.838 bits per heavy atom. The maximum Gasteiger partial charge on any atom is 0.222 e. The Bertz CT molecular complexity index is 521. The minimum Gasteiger partial charge on any atom is -1.00 e. The van der Waals surface area contributed by atoms with Crippen LogP contribution in [0.5, 0.6) is 0 Å². The largest absolute Gasteiger partial charge is 1.00 e. The van der Waals surface area contributed by atoms with E-state index >= 15 is 0 Å². The summed E-state index contributed by atoms with van der Waals surface area (Å²) >= 11 is 0. The van der Waals surface area contributed by atoms with Crippen LogP contribution in [0.25, 0.3) is 0 Å². The van der Waals surface area contributed by atoms with Gasteiger partial charge in [-0.1, -0.05) is 110 Å². The van der Waals surface area contributed by atoms with Crippen molar-refractivity contribution >= 4 is 11.8 Å². The first-order chi connectivity index (χ1) is 17.2. The smallest absolute Gasteiger partial charge is 0.222 e. The molecule has 1 heterocycles. The van der Waals surface area contributed by atoms with Crippen molar-refractivity contribution in [3.05, 3.63) is 12.7 Å². The minimum absolute atomic E-state index is 0. The van der Waals surface area contributed by atoms with Gasteiger partial charge >= 0.3 is 0 Å². The number of likely N-dealkylation sites (tertiary alicyclic amines) is 1. The van der Waals surface area contributed by atoms with E-state index in [1.807, 2.05) is 11.0 Å². The molecule has 0 aromatic heterocycles. The summed E-state index contributed by atoms with van der Waals surface area (Å²) in [5.74, 6) is 0.191. The van der Waals surface area contributed by atoms with E-state index in [0.717, 1.165) is 49.8 Å². The van der Waals surface area contributed by atoms with Gasteiger partial charge in [0.15, 0.2) is 0 Å². The molecule has 0 aromatic rings. The number of hydrogen-bond acceptors (Lipinski definition) is 2. The summed E-state index contributed by atoms with van der Waals surface area (Å²) in [6, 6.07) is 0. The Morgan fingerprint density at radius 2 is 1.27 bits per heavy atom. The van der Waals surface area contributed by atoms with Gasteiger partial charge < -0.3 is 27.5 Å². The molecule has 1 fully saturated rings. The molecule has 222 valence electrons. The molecule has 6 heteroatoms. The average Bonchev–Trinajstić information content (AvgIpc) is 3.21. The monoisotopic (exact) mass is 545 g/mol. The fourth-order valence-corrected chi connectivity index (χ4v) is 4.27. The first-order valence-corrected chi connectivity index (χ1v) is 15.1. The highest BCUT2D eigenvalue weighted by Gasteiger charge is 2.18. The number of hydrogen-bond donors (Lipinski definition) is 1. The molecule has 1 aliphatic heterocycles. The highest BCUT2D eigenvalue weighted by molar-refractivity contribution is 5.77. The number of rotatable bonds is 20. The first kappa shape index (κ1) is 40.4. The summed E-state index contributed by atoms with van der Waals surface area (Å²) in [7, 11) is 6.42. The predicted molar refractivity (Wildman–Crippen MR) is 158 cm³/mol. The molecular weight excluding hydrogens is 482 g/mol. The maximum absolute atomic E-state index is 10.9.